The fraction of sp³-hybridized carbons (Fsp3) is 0.280. The van der Waals surface area contributed by atoms with E-state index < -0.39 is 5.97 Å². The van der Waals surface area contributed by atoms with Gasteiger partial charge in [0.15, 0.2) is 0 Å². The summed E-state index contributed by atoms with van der Waals surface area (Å²) in [6.07, 6.45) is 2.21. The number of benzene rings is 2. The third kappa shape index (κ3) is 3.45. The van der Waals surface area contributed by atoms with Crippen molar-refractivity contribution in [1.29, 1.82) is 0 Å². The molecule has 0 aliphatic carbocycles. The lowest BCUT2D eigenvalue weighted by Crippen LogP contribution is -3.11. The van der Waals surface area contributed by atoms with Gasteiger partial charge in [-0.1, -0.05) is 35.9 Å². The number of fused-ring (bicyclic) bond motifs is 2. The molecule has 1 aliphatic heterocycles. The predicted octanol–water partition coefficient (Wildman–Crippen LogP) is 2.48. The predicted molar refractivity (Wildman–Crippen MR) is 115 cm³/mol. The number of carbonyl (C=O) groups excluding carboxylic acids is 1. The van der Waals surface area contributed by atoms with Crippen LogP contribution in [0.3, 0.4) is 0 Å². The van der Waals surface area contributed by atoms with Crippen molar-refractivity contribution in [2.75, 3.05) is 13.1 Å². The summed E-state index contributed by atoms with van der Waals surface area (Å²) < 4.78 is 0. The van der Waals surface area contributed by atoms with Gasteiger partial charge in [-0.3, -0.25) is 0 Å². The molecule has 3 aromatic rings. The molecule has 2 heterocycles. The van der Waals surface area contributed by atoms with Crippen molar-refractivity contribution in [2.24, 2.45) is 0 Å². The number of likely N-dealkylation sites (N-methyl/N-ethyl adjacent to an activating group) is 1. The van der Waals surface area contributed by atoms with Gasteiger partial charge in [-0.2, -0.15) is 0 Å². The van der Waals surface area contributed by atoms with E-state index in [0.717, 1.165) is 29.9 Å². The number of nitrogens with zero attached hydrogens (tertiary/aromatic N) is 1. The lowest BCUT2D eigenvalue weighted by molar-refractivity contribution is -0.905. The molecule has 0 amide bonds. The van der Waals surface area contributed by atoms with Crippen molar-refractivity contribution in [3.8, 4) is 0 Å². The molecule has 2 aromatic carbocycles. The van der Waals surface area contributed by atoms with Gasteiger partial charge in [0.2, 0.25) is 0 Å². The van der Waals surface area contributed by atoms with Crippen LogP contribution in [0.15, 0.2) is 36.4 Å². The number of carboxylic acid groups (broad SMARTS) is 1. The van der Waals surface area contributed by atoms with E-state index in [-0.39, 0.29) is 0 Å². The number of hydrogen-bond donors (Lipinski definition) is 1. The number of hydrogen-bond acceptors (Lipinski definition) is 3. The summed E-state index contributed by atoms with van der Waals surface area (Å²) in [5, 5.41) is 12.8. The van der Waals surface area contributed by atoms with Gasteiger partial charge in [0, 0.05) is 22.1 Å². The number of aromatic carboxylic acids is 1. The molecule has 0 saturated heterocycles. The van der Waals surface area contributed by atoms with Crippen molar-refractivity contribution in [3.63, 3.8) is 0 Å². The molecular formula is C25H26N2O2. The highest BCUT2D eigenvalue weighted by molar-refractivity contribution is 6.05. The minimum Gasteiger partial charge on any atom is -0.545 e. The number of aryl methyl sites for hydroxylation is 3. The molecule has 0 saturated carbocycles. The Morgan fingerprint density at radius 2 is 1.83 bits per heavy atom. The van der Waals surface area contributed by atoms with Crippen molar-refractivity contribution >= 4 is 28.5 Å². The summed E-state index contributed by atoms with van der Waals surface area (Å²) >= 11 is 0. The number of nitrogens with one attached hydrogen (secondary N) is 1. The molecule has 1 N–H and O–H groups in total. The van der Waals surface area contributed by atoms with Gasteiger partial charge < -0.3 is 14.8 Å². The highest BCUT2D eigenvalue weighted by Crippen LogP contribution is 2.31. The summed E-state index contributed by atoms with van der Waals surface area (Å²) in [6.45, 7) is 10.9. The molecule has 1 atom stereocenters. The summed E-state index contributed by atoms with van der Waals surface area (Å²) in [6, 6.07) is 11.8. The maximum absolute atomic E-state index is 12.1. The largest absolute Gasteiger partial charge is 0.545 e. The van der Waals surface area contributed by atoms with E-state index in [9.17, 15) is 9.90 Å². The third-order valence-corrected chi connectivity index (χ3v) is 5.93. The fourth-order valence-corrected chi connectivity index (χ4v) is 4.55. The monoisotopic (exact) mass is 386 g/mol. The quantitative estimate of drug-likeness (QED) is 0.752. The van der Waals surface area contributed by atoms with Crippen LogP contribution >= 0.6 is 0 Å². The molecule has 148 valence electrons. The van der Waals surface area contributed by atoms with Crippen LogP contribution in [-0.2, 0) is 6.54 Å². The zero-order valence-corrected chi connectivity index (χ0v) is 17.4. The first kappa shape index (κ1) is 19.3. The molecule has 4 nitrogen and oxygen atoms in total. The number of carbonyl (C=O) groups is 1. The topological polar surface area (TPSA) is 57.5 Å². The minimum absolute atomic E-state index is 0.291. The summed E-state index contributed by atoms with van der Waals surface area (Å²) in [5.74, 6) is -1.13. The minimum atomic E-state index is -1.13. The normalized spacial score (nSPS) is 17.5. The van der Waals surface area contributed by atoms with Gasteiger partial charge in [-0.25, -0.2) is 4.98 Å². The Kier molecular flexibility index (Phi) is 4.97. The van der Waals surface area contributed by atoms with Crippen LogP contribution in [0.4, 0.5) is 0 Å². The van der Waals surface area contributed by atoms with Crippen LogP contribution < -0.4 is 10.0 Å². The average molecular weight is 386 g/mol. The number of rotatable bonds is 3. The first-order valence-electron chi connectivity index (χ1n) is 10.1. The zero-order chi connectivity index (χ0) is 20.7. The number of quaternary nitrogens is 1. The molecule has 0 bridgehead atoms. The number of para-hydroxylation sites is 1. The van der Waals surface area contributed by atoms with Gasteiger partial charge in [0.25, 0.3) is 0 Å². The van der Waals surface area contributed by atoms with Crippen LogP contribution in [0.1, 0.15) is 50.8 Å². The van der Waals surface area contributed by atoms with Gasteiger partial charge in [-0.05, 0) is 56.5 Å². The Morgan fingerprint density at radius 3 is 2.48 bits per heavy atom. The molecule has 4 heteroatoms. The van der Waals surface area contributed by atoms with E-state index in [0.29, 0.717) is 23.0 Å². The van der Waals surface area contributed by atoms with Crippen molar-refractivity contribution in [3.05, 3.63) is 75.5 Å². The molecule has 1 unspecified atom stereocenters. The van der Waals surface area contributed by atoms with Gasteiger partial charge >= 0.3 is 0 Å². The molecule has 0 fully saturated rings. The summed E-state index contributed by atoms with van der Waals surface area (Å²) in [5.41, 5.74) is 8.57. The smallest absolute Gasteiger partial charge is 0.106 e. The molecule has 1 aliphatic rings. The van der Waals surface area contributed by atoms with Crippen LogP contribution in [0.2, 0.25) is 0 Å². The zero-order valence-electron chi connectivity index (χ0n) is 17.4. The van der Waals surface area contributed by atoms with E-state index >= 15 is 0 Å². The van der Waals surface area contributed by atoms with E-state index in [2.05, 4.69) is 45.9 Å². The second-order valence-corrected chi connectivity index (χ2v) is 8.06. The first-order valence-corrected chi connectivity index (χ1v) is 10.1. The lowest BCUT2D eigenvalue weighted by atomic mass is 9.90. The second-order valence-electron chi connectivity index (χ2n) is 8.06. The molecule has 0 spiro atoms. The van der Waals surface area contributed by atoms with Crippen molar-refractivity contribution < 1.29 is 14.8 Å². The highest BCUT2D eigenvalue weighted by atomic mass is 16.4. The number of carboxylic acids is 1. The Morgan fingerprint density at radius 1 is 1.14 bits per heavy atom. The van der Waals surface area contributed by atoms with Crippen molar-refractivity contribution in [2.45, 2.75) is 34.2 Å². The van der Waals surface area contributed by atoms with Crippen LogP contribution in [0.25, 0.3) is 22.6 Å². The molecule has 0 radical (unpaired) electrons. The SMILES string of the molecule is CC[NH+]1C/C(=C\c2c(C)cc(C)cc2C)c2nc3ccccc3c(C(=O)[O-])c2C1. The van der Waals surface area contributed by atoms with Crippen LogP contribution in [0.5, 0.6) is 0 Å². The van der Waals surface area contributed by atoms with Crippen LogP contribution in [-0.4, -0.2) is 24.0 Å². The molecule has 1 aromatic heterocycles. The average Bonchev–Trinajstić information content (AvgIpc) is 2.68. The Hall–Kier alpha value is -2.98. The van der Waals surface area contributed by atoms with Gasteiger partial charge in [-0.15, -0.1) is 0 Å². The van der Waals surface area contributed by atoms with E-state index in [4.69, 9.17) is 4.98 Å². The number of pyridine rings is 1. The standard InChI is InChI=1S/C25H26N2O2/c1-5-27-13-18(12-20-16(3)10-15(2)11-17(20)4)24-21(14-27)23(25(28)29)19-8-6-7-9-22(19)26-24/h6-12H,5,13-14H2,1-4H3,(H,28,29)/b18-12+. The Balaban J connectivity index is 2.01. The van der Waals surface area contributed by atoms with Gasteiger partial charge in [0.1, 0.15) is 13.1 Å². The van der Waals surface area contributed by atoms with E-state index in [1.807, 2.05) is 24.3 Å². The molecule has 4 rings (SSSR count). The number of aromatic nitrogens is 1. The fourth-order valence-electron chi connectivity index (χ4n) is 4.55. The van der Waals surface area contributed by atoms with Crippen molar-refractivity contribution in [1.82, 2.24) is 4.98 Å². The third-order valence-electron chi connectivity index (χ3n) is 5.93. The molecular weight excluding hydrogens is 360 g/mol. The first-order chi connectivity index (χ1) is 13.9. The summed E-state index contributed by atoms with van der Waals surface area (Å²) in [7, 11) is 0. The van der Waals surface area contributed by atoms with E-state index in [1.165, 1.54) is 27.2 Å². The van der Waals surface area contributed by atoms with Crippen LogP contribution in [0, 0.1) is 20.8 Å². The van der Waals surface area contributed by atoms with E-state index in [1.54, 1.807) is 0 Å². The second kappa shape index (κ2) is 7.45. The summed E-state index contributed by atoms with van der Waals surface area (Å²) in [4.78, 5) is 18.4. The molecule has 29 heavy (non-hydrogen) atoms. The highest BCUT2D eigenvalue weighted by Gasteiger charge is 2.28. The maximum atomic E-state index is 12.1. The maximum Gasteiger partial charge on any atom is 0.106 e. The Bertz CT molecular complexity index is 1140. The Labute approximate surface area is 171 Å². The lowest BCUT2D eigenvalue weighted by Gasteiger charge is -2.29. The van der Waals surface area contributed by atoms with Gasteiger partial charge in [0.05, 0.1) is 23.7 Å².